The van der Waals surface area contributed by atoms with Gasteiger partial charge in [0.25, 0.3) is 0 Å². The van der Waals surface area contributed by atoms with Crippen LogP contribution in [-0.2, 0) is 5.41 Å². The van der Waals surface area contributed by atoms with Crippen molar-refractivity contribution in [2.45, 2.75) is 5.41 Å². The molecule has 0 N–H and O–H groups in total. The van der Waals surface area contributed by atoms with Crippen molar-refractivity contribution in [2.24, 2.45) is 0 Å². The monoisotopic (exact) mass is 825 g/mol. The Morgan fingerprint density at radius 2 is 1.00 bits per heavy atom. The van der Waals surface area contributed by atoms with Gasteiger partial charge >= 0.3 is 0 Å². The number of fused-ring (bicyclic) bond motifs is 19. The van der Waals surface area contributed by atoms with Crippen LogP contribution in [0.15, 0.2) is 217 Å². The van der Waals surface area contributed by atoms with E-state index in [4.69, 9.17) is 14.4 Å². The molecule has 10 aromatic carbocycles. The summed E-state index contributed by atoms with van der Waals surface area (Å²) in [4.78, 5) is 11.1. The van der Waals surface area contributed by atoms with Gasteiger partial charge in [-0.3, -0.25) is 0 Å². The summed E-state index contributed by atoms with van der Waals surface area (Å²) in [6.45, 7) is 0. The molecule has 4 nitrogen and oxygen atoms in total. The van der Waals surface area contributed by atoms with Crippen LogP contribution in [0.3, 0.4) is 0 Å². The highest BCUT2D eigenvalue weighted by Gasteiger charge is 2.52. The predicted octanol–water partition coefficient (Wildman–Crippen LogP) is 15.5. The summed E-state index contributed by atoms with van der Waals surface area (Å²) in [6, 6.07) is 77.3. The fourth-order valence-electron chi connectivity index (χ4n) is 11.8. The van der Waals surface area contributed by atoms with Crippen molar-refractivity contribution in [3.05, 3.63) is 235 Å². The van der Waals surface area contributed by atoms with Gasteiger partial charge in [-0.1, -0.05) is 176 Å². The van der Waals surface area contributed by atoms with Gasteiger partial charge in [-0.25, -0.2) is 9.97 Å². The van der Waals surface area contributed by atoms with E-state index in [9.17, 15) is 0 Å². The number of hydrogen-bond donors (Lipinski definition) is 0. The molecule has 2 aliphatic rings. The molecule has 0 aliphatic heterocycles. The van der Waals surface area contributed by atoms with Gasteiger partial charge in [-0.2, -0.15) is 0 Å². The summed E-state index contributed by atoms with van der Waals surface area (Å²) in [5.74, 6) is 0. The lowest BCUT2D eigenvalue weighted by Crippen LogP contribution is -2.25. The van der Waals surface area contributed by atoms with E-state index >= 15 is 0 Å². The number of para-hydroxylation sites is 1. The molecule has 1 spiro atoms. The Balaban J connectivity index is 0.990. The van der Waals surface area contributed by atoms with Gasteiger partial charge in [0.15, 0.2) is 0 Å². The van der Waals surface area contributed by atoms with E-state index in [1.165, 1.54) is 87.9 Å². The molecule has 4 heteroatoms. The van der Waals surface area contributed by atoms with Gasteiger partial charge in [0.1, 0.15) is 16.8 Å². The molecule has 0 saturated heterocycles. The maximum absolute atomic E-state index is 6.52. The topological polar surface area (TPSA) is 43.9 Å². The Morgan fingerprint density at radius 1 is 0.400 bits per heavy atom. The molecule has 3 aromatic heterocycles. The van der Waals surface area contributed by atoms with E-state index in [0.717, 1.165) is 44.7 Å². The van der Waals surface area contributed by atoms with Crippen molar-refractivity contribution >= 4 is 65.6 Å². The third-order valence-corrected chi connectivity index (χ3v) is 14.4. The molecule has 65 heavy (non-hydrogen) atoms. The number of furan rings is 1. The minimum atomic E-state index is -0.481. The second kappa shape index (κ2) is 12.7. The summed E-state index contributed by atoms with van der Waals surface area (Å²) in [6.07, 6.45) is 0. The highest BCUT2D eigenvalue weighted by Crippen LogP contribution is 2.64. The molecule has 0 saturated carbocycles. The Hall–Kier alpha value is -8.60. The van der Waals surface area contributed by atoms with Crippen LogP contribution in [0.4, 0.5) is 0 Å². The van der Waals surface area contributed by atoms with Crippen molar-refractivity contribution in [1.82, 2.24) is 14.5 Å². The zero-order valence-corrected chi connectivity index (χ0v) is 35.0. The van der Waals surface area contributed by atoms with E-state index in [0.29, 0.717) is 5.71 Å². The molecule has 2 aliphatic carbocycles. The molecule has 15 rings (SSSR count). The van der Waals surface area contributed by atoms with Gasteiger partial charge in [0.2, 0.25) is 5.71 Å². The highest BCUT2D eigenvalue weighted by molar-refractivity contribution is 6.20. The largest absolute Gasteiger partial charge is 0.436 e. The van der Waals surface area contributed by atoms with E-state index < -0.39 is 5.41 Å². The quantitative estimate of drug-likeness (QED) is 0.178. The Kier molecular flexibility index (Phi) is 6.85. The maximum atomic E-state index is 6.52. The minimum Gasteiger partial charge on any atom is -0.436 e. The first-order chi connectivity index (χ1) is 32.2. The summed E-state index contributed by atoms with van der Waals surface area (Å²) in [5, 5.41) is 8.32. The van der Waals surface area contributed by atoms with Crippen LogP contribution in [0.2, 0.25) is 0 Å². The summed E-state index contributed by atoms with van der Waals surface area (Å²) in [5.41, 5.74) is 18.8. The number of aromatic nitrogens is 3. The lowest BCUT2D eigenvalue weighted by molar-refractivity contribution is 0.653. The van der Waals surface area contributed by atoms with Gasteiger partial charge in [0, 0.05) is 38.4 Å². The molecule has 300 valence electrons. The Labute approximate surface area is 373 Å². The van der Waals surface area contributed by atoms with Crippen molar-refractivity contribution in [1.29, 1.82) is 0 Å². The van der Waals surface area contributed by atoms with Crippen molar-refractivity contribution in [2.75, 3.05) is 0 Å². The smallest absolute Gasteiger partial charge is 0.246 e. The van der Waals surface area contributed by atoms with Crippen LogP contribution >= 0.6 is 0 Å². The van der Waals surface area contributed by atoms with Crippen molar-refractivity contribution < 1.29 is 4.42 Å². The molecule has 0 fully saturated rings. The molecule has 13 aromatic rings. The summed E-state index contributed by atoms with van der Waals surface area (Å²) < 4.78 is 8.96. The first kappa shape index (κ1) is 34.9. The fourth-order valence-corrected chi connectivity index (χ4v) is 11.8. The summed E-state index contributed by atoms with van der Waals surface area (Å²) in [7, 11) is 0. The molecule has 0 atom stereocenters. The third kappa shape index (κ3) is 4.55. The second-order valence-corrected chi connectivity index (χ2v) is 17.6. The fraction of sp³-hybridized carbons (Fsp3) is 0.0164. The zero-order valence-electron chi connectivity index (χ0n) is 35.0. The Bertz CT molecular complexity index is 4150. The van der Waals surface area contributed by atoms with Crippen LogP contribution in [0.25, 0.3) is 116 Å². The second-order valence-electron chi connectivity index (χ2n) is 17.6. The maximum Gasteiger partial charge on any atom is 0.246 e. The molecule has 3 heterocycles. The predicted molar refractivity (Wildman–Crippen MR) is 266 cm³/mol. The molecule has 0 radical (unpaired) electrons. The normalized spacial score (nSPS) is 13.4. The molecular formula is C61H35N3O. The number of hydrogen-bond acceptors (Lipinski definition) is 3. The van der Waals surface area contributed by atoms with E-state index in [1.54, 1.807) is 0 Å². The lowest BCUT2D eigenvalue weighted by atomic mass is 9.70. The molecule has 0 unspecified atom stereocenters. The molecular weight excluding hydrogens is 791 g/mol. The average Bonchev–Trinajstić information content (AvgIpc) is 4.09. The minimum absolute atomic E-state index is 0.481. The molecule has 0 bridgehead atoms. The van der Waals surface area contributed by atoms with Gasteiger partial charge in [-0.05, 0) is 97.1 Å². The van der Waals surface area contributed by atoms with Crippen molar-refractivity contribution in [3.63, 3.8) is 0 Å². The SMILES string of the molecule is c1ccc2c(c1)-c1ccccc1C21c2ccccc2-c2c(-c3nc4oc5ccccc5c4nc3-c3ccc(-n4c5cc6ccccc6cc5c5ccc6ccccc6c54)cc3)cccc21. The molecule has 0 amide bonds. The van der Waals surface area contributed by atoms with Gasteiger partial charge in [0.05, 0.1) is 22.1 Å². The van der Waals surface area contributed by atoms with Crippen LogP contribution < -0.4 is 0 Å². The number of rotatable bonds is 3. The average molecular weight is 826 g/mol. The first-order valence-electron chi connectivity index (χ1n) is 22.3. The van der Waals surface area contributed by atoms with E-state index in [-0.39, 0.29) is 0 Å². The number of benzene rings is 10. The first-order valence-corrected chi connectivity index (χ1v) is 22.3. The lowest BCUT2D eigenvalue weighted by Gasteiger charge is -2.30. The van der Waals surface area contributed by atoms with Crippen LogP contribution in [0.1, 0.15) is 22.3 Å². The summed E-state index contributed by atoms with van der Waals surface area (Å²) >= 11 is 0. The van der Waals surface area contributed by atoms with Crippen LogP contribution in [0.5, 0.6) is 0 Å². The zero-order chi connectivity index (χ0) is 42.4. The van der Waals surface area contributed by atoms with Crippen molar-refractivity contribution in [3.8, 4) is 50.5 Å². The highest BCUT2D eigenvalue weighted by atomic mass is 16.3. The number of nitrogens with zero attached hydrogens (tertiary/aromatic N) is 3. The van der Waals surface area contributed by atoms with Crippen LogP contribution in [0, 0.1) is 0 Å². The van der Waals surface area contributed by atoms with Gasteiger partial charge in [-0.15, -0.1) is 0 Å². The van der Waals surface area contributed by atoms with Gasteiger partial charge < -0.3 is 8.98 Å². The standard InChI is InChI=1S/C61H35N3O/c1-2-16-39-35-53-48(34-38(39)15-1)44-33-30-36-14-3-4-17-41(36)59(44)64(53)40-31-28-37(29-32-40)56-57(63-60-58(62-56)46-21-8-12-27-54(46)65-60)47-22-13-26-52-55(47)45-20-7-11-25-51(45)61(52)49-23-9-5-18-42(49)43-19-6-10-24-50(43)61/h1-35H. The van der Waals surface area contributed by atoms with Crippen LogP contribution in [-0.4, -0.2) is 14.5 Å². The van der Waals surface area contributed by atoms with E-state index in [1.807, 2.05) is 18.2 Å². The third-order valence-electron chi connectivity index (χ3n) is 14.4. The van der Waals surface area contributed by atoms with E-state index in [2.05, 4.69) is 199 Å². The Morgan fingerprint density at radius 3 is 1.77 bits per heavy atom.